The van der Waals surface area contributed by atoms with Gasteiger partial charge in [-0.05, 0) is 50.0 Å². The molecule has 1 aromatic heterocycles. The van der Waals surface area contributed by atoms with Gasteiger partial charge in [-0.3, -0.25) is 9.89 Å². The van der Waals surface area contributed by atoms with Crippen LogP contribution in [0.1, 0.15) is 42.5 Å². The Balaban J connectivity index is 1.33. The van der Waals surface area contributed by atoms with Gasteiger partial charge in [0, 0.05) is 25.6 Å². The summed E-state index contributed by atoms with van der Waals surface area (Å²) >= 11 is 0. The number of nitrogens with one attached hydrogen (secondary N) is 2. The highest BCUT2D eigenvalue weighted by Gasteiger charge is 2.39. The molecule has 1 aromatic carbocycles. The van der Waals surface area contributed by atoms with Crippen molar-refractivity contribution in [2.24, 2.45) is 4.99 Å². The van der Waals surface area contributed by atoms with Crippen molar-refractivity contribution in [1.82, 2.24) is 15.5 Å². The molecule has 0 amide bonds. The predicted molar refractivity (Wildman–Crippen MR) is 104 cm³/mol. The zero-order valence-electron chi connectivity index (χ0n) is 15.4. The topological polar surface area (TPSA) is 52.8 Å². The molecule has 3 atom stereocenters. The molecular weight excluding hydrogens is 324 g/mol. The van der Waals surface area contributed by atoms with E-state index in [-0.39, 0.29) is 6.04 Å². The lowest BCUT2D eigenvalue weighted by Gasteiger charge is -2.26. The minimum absolute atomic E-state index is 0.259. The molecule has 26 heavy (non-hydrogen) atoms. The molecule has 2 aromatic rings. The van der Waals surface area contributed by atoms with Gasteiger partial charge in [-0.1, -0.05) is 30.3 Å². The number of benzene rings is 1. The maximum atomic E-state index is 5.70. The fourth-order valence-electron chi connectivity index (χ4n) is 3.93. The number of nitrogens with zero attached hydrogens (tertiary/aromatic N) is 2. The van der Waals surface area contributed by atoms with Gasteiger partial charge in [-0.25, -0.2) is 0 Å². The normalized spacial score (nSPS) is 24.4. The van der Waals surface area contributed by atoms with E-state index in [4.69, 9.17) is 4.42 Å². The fourth-order valence-corrected chi connectivity index (χ4v) is 3.93. The molecule has 4 rings (SSSR count). The molecule has 2 N–H and O–H groups in total. The first-order valence-electron chi connectivity index (χ1n) is 9.64. The Morgan fingerprint density at radius 1 is 1.19 bits per heavy atom. The van der Waals surface area contributed by atoms with Crippen molar-refractivity contribution in [2.45, 2.75) is 37.3 Å². The summed E-state index contributed by atoms with van der Waals surface area (Å²) in [7, 11) is 1.84. The van der Waals surface area contributed by atoms with E-state index in [0.29, 0.717) is 12.0 Å². The summed E-state index contributed by atoms with van der Waals surface area (Å²) in [6.07, 6.45) is 5.47. The van der Waals surface area contributed by atoms with Crippen LogP contribution in [-0.2, 0) is 0 Å². The van der Waals surface area contributed by atoms with E-state index in [1.165, 1.54) is 24.8 Å². The molecule has 1 saturated carbocycles. The lowest BCUT2D eigenvalue weighted by Crippen LogP contribution is -2.43. The summed E-state index contributed by atoms with van der Waals surface area (Å²) in [5.74, 6) is 2.50. The molecule has 3 unspecified atom stereocenters. The highest BCUT2D eigenvalue weighted by atomic mass is 16.3. The van der Waals surface area contributed by atoms with Crippen molar-refractivity contribution >= 4 is 5.96 Å². The first-order valence-corrected chi connectivity index (χ1v) is 9.64. The Labute approximate surface area is 155 Å². The van der Waals surface area contributed by atoms with Gasteiger partial charge in [0.25, 0.3) is 0 Å². The Kier molecular flexibility index (Phi) is 5.25. The van der Waals surface area contributed by atoms with E-state index in [1.807, 2.05) is 13.1 Å². The monoisotopic (exact) mass is 352 g/mol. The Hall–Kier alpha value is -2.27. The van der Waals surface area contributed by atoms with E-state index in [1.54, 1.807) is 6.26 Å². The quantitative estimate of drug-likeness (QED) is 0.619. The van der Waals surface area contributed by atoms with Crippen LogP contribution in [0.3, 0.4) is 0 Å². The van der Waals surface area contributed by atoms with Crippen LogP contribution in [0.25, 0.3) is 0 Å². The van der Waals surface area contributed by atoms with E-state index in [2.05, 4.69) is 56.9 Å². The van der Waals surface area contributed by atoms with Crippen LogP contribution >= 0.6 is 0 Å². The molecule has 5 heteroatoms. The third-order valence-electron chi connectivity index (χ3n) is 5.48. The SMILES string of the molecule is CN=C(NCC(c1ccco1)N1CCCC1)NC1CC1c1ccccc1. The number of hydrogen-bond donors (Lipinski definition) is 2. The van der Waals surface area contributed by atoms with Gasteiger partial charge in [0.1, 0.15) is 5.76 Å². The average Bonchev–Trinajstić information content (AvgIpc) is 3.09. The molecule has 1 aliphatic heterocycles. The van der Waals surface area contributed by atoms with Crippen molar-refractivity contribution in [3.05, 3.63) is 60.1 Å². The Morgan fingerprint density at radius 2 is 2.00 bits per heavy atom. The molecule has 2 aliphatic rings. The van der Waals surface area contributed by atoms with Gasteiger partial charge < -0.3 is 15.1 Å². The van der Waals surface area contributed by atoms with E-state index in [9.17, 15) is 0 Å². The highest BCUT2D eigenvalue weighted by molar-refractivity contribution is 5.80. The van der Waals surface area contributed by atoms with Crippen molar-refractivity contribution in [2.75, 3.05) is 26.7 Å². The molecule has 2 heterocycles. The third kappa shape index (κ3) is 3.93. The molecule has 0 bridgehead atoms. The molecule has 138 valence electrons. The number of furan rings is 1. The van der Waals surface area contributed by atoms with Crippen LogP contribution in [0.2, 0.25) is 0 Å². The van der Waals surface area contributed by atoms with Crippen LogP contribution in [0.5, 0.6) is 0 Å². The molecular formula is C21H28N4O. The minimum Gasteiger partial charge on any atom is -0.468 e. The number of guanidine groups is 1. The zero-order chi connectivity index (χ0) is 17.8. The van der Waals surface area contributed by atoms with E-state index >= 15 is 0 Å². The van der Waals surface area contributed by atoms with Crippen LogP contribution in [-0.4, -0.2) is 43.6 Å². The van der Waals surface area contributed by atoms with E-state index in [0.717, 1.165) is 31.4 Å². The standard InChI is InChI=1S/C21H28N4O/c1-22-21(24-18-14-17(18)16-8-3-2-4-9-16)23-15-19(20-10-7-13-26-20)25-11-5-6-12-25/h2-4,7-10,13,17-19H,5-6,11-12,14-15H2,1H3,(H2,22,23,24). The lowest BCUT2D eigenvalue weighted by atomic mass is 10.1. The van der Waals surface area contributed by atoms with Crippen LogP contribution in [0.4, 0.5) is 0 Å². The molecule has 2 fully saturated rings. The van der Waals surface area contributed by atoms with Crippen molar-refractivity contribution < 1.29 is 4.42 Å². The first-order chi connectivity index (χ1) is 12.8. The van der Waals surface area contributed by atoms with Gasteiger partial charge in [0.2, 0.25) is 0 Å². The molecule has 0 spiro atoms. The summed E-state index contributed by atoms with van der Waals surface area (Å²) in [6, 6.07) is 15.5. The molecule has 5 nitrogen and oxygen atoms in total. The van der Waals surface area contributed by atoms with Gasteiger partial charge >= 0.3 is 0 Å². The number of rotatable bonds is 6. The maximum absolute atomic E-state index is 5.70. The second-order valence-corrected chi connectivity index (χ2v) is 7.23. The van der Waals surface area contributed by atoms with Crippen LogP contribution in [0, 0.1) is 0 Å². The number of aliphatic imine (C=N–C) groups is 1. The smallest absolute Gasteiger partial charge is 0.191 e. The van der Waals surface area contributed by atoms with Crippen molar-refractivity contribution in [3.63, 3.8) is 0 Å². The summed E-state index contributed by atoms with van der Waals surface area (Å²) < 4.78 is 5.70. The minimum atomic E-state index is 0.259. The molecule has 1 aliphatic carbocycles. The summed E-state index contributed by atoms with van der Waals surface area (Å²) in [5.41, 5.74) is 1.41. The van der Waals surface area contributed by atoms with Gasteiger partial charge in [-0.2, -0.15) is 0 Å². The van der Waals surface area contributed by atoms with Crippen molar-refractivity contribution in [3.8, 4) is 0 Å². The fraction of sp³-hybridized carbons (Fsp3) is 0.476. The van der Waals surface area contributed by atoms with Crippen LogP contribution in [0.15, 0.2) is 58.1 Å². The largest absolute Gasteiger partial charge is 0.468 e. The third-order valence-corrected chi connectivity index (χ3v) is 5.48. The Morgan fingerprint density at radius 3 is 2.69 bits per heavy atom. The van der Waals surface area contributed by atoms with E-state index < -0.39 is 0 Å². The lowest BCUT2D eigenvalue weighted by molar-refractivity contribution is 0.215. The number of likely N-dealkylation sites (tertiary alicyclic amines) is 1. The van der Waals surface area contributed by atoms with Crippen LogP contribution < -0.4 is 10.6 Å². The summed E-state index contributed by atoms with van der Waals surface area (Å²) in [5, 5.41) is 7.09. The second kappa shape index (κ2) is 7.96. The average molecular weight is 352 g/mol. The second-order valence-electron chi connectivity index (χ2n) is 7.23. The maximum Gasteiger partial charge on any atom is 0.191 e. The molecule has 1 saturated heterocycles. The predicted octanol–water partition coefficient (Wildman–Crippen LogP) is 3.14. The highest BCUT2D eigenvalue weighted by Crippen LogP contribution is 2.40. The Bertz CT molecular complexity index is 707. The number of hydrogen-bond acceptors (Lipinski definition) is 3. The summed E-state index contributed by atoms with van der Waals surface area (Å²) in [4.78, 5) is 6.92. The molecule has 0 radical (unpaired) electrons. The van der Waals surface area contributed by atoms with Gasteiger partial charge in [0.05, 0.1) is 12.3 Å². The van der Waals surface area contributed by atoms with Crippen molar-refractivity contribution in [1.29, 1.82) is 0 Å². The summed E-state index contributed by atoms with van der Waals surface area (Å²) in [6.45, 7) is 3.07. The first kappa shape index (κ1) is 17.2. The van der Waals surface area contributed by atoms with Gasteiger partial charge in [0.15, 0.2) is 5.96 Å². The zero-order valence-corrected chi connectivity index (χ0v) is 15.4. The van der Waals surface area contributed by atoms with Gasteiger partial charge in [-0.15, -0.1) is 0 Å².